The minimum atomic E-state index is -1.10. The molecule has 0 aromatic heterocycles. The zero-order valence-electron chi connectivity index (χ0n) is 5.99. The van der Waals surface area contributed by atoms with Crippen molar-refractivity contribution in [1.82, 2.24) is 0 Å². The van der Waals surface area contributed by atoms with Crippen LogP contribution >= 0.6 is 0 Å². The molecule has 0 aromatic rings. The van der Waals surface area contributed by atoms with Crippen LogP contribution in [0.4, 0.5) is 0 Å². The van der Waals surface area contributed by atoms with Crippen LogP contribution in [0.2, 0.25) is 0 Å². The summed E-state index contributed by atoms with van der Waals surface area (Å²) in [4.78, 5) is 10.3. The zero-order chi connectivity index (χ0) is 7.61. The summed E-state index contributed by atoms with van der Waals surface area (Å²) in [6, 6.07) is 0. The summed E-state index contributed by atoms with van der Waals surface area (Å²) in [6.07, 6.45) is 0.210. The fourth-order valence-corrected chi connectivity index (χ4v) is 0.741. The summed E-state index contributed by atoms with van der Waals surface area (Å²) in [5.74, 6) is -1.10. The topological polar surface area (TPSA) is 44.8 Å². The van der Waals surface area contributed by atoms with Crippen molar-refractivity contribution in [3.05, 3.63) is 0 Å². The van der Waals surface area contributed by atoms with Crippen LogP contribution in [0.3, 0.4) is 0 Å². The summed E-state index contributed by atoms with van der Waals surface area (Å²) in [5, 5.41) is 0. The fraction of sp³-hybridized carbons (Fsp3) is 0.833. The Bertz CT molecular complexity index is 136. The smallest absolute Gasteiger partial charge is 0.225 e. The molecule has 0 aliphatic carbocycles. The molecule has 1 unspecified atom stereocenters. The van der Waals surface area contributed by atoms with Gasteiger partial charge in [-0.25, -0.2) is 0 Å². The van der Waals surface area contributed by atoms with Crippen molar-refractivity contribution < 1.29 is 19.0 Å². The fourth-order valence-electron chi connectivity index (χ4n) is 0.741. The normalized spacial score (nSPS) is 40.0. The molecule has 1 heterocycles. The largest absolute Gasteiger partial charge is 0.353 e. The Morgan fingerprint density at radius 3 is 2.80 bits per heavy atom. The third kappa shape index (κ3) is 1.34. The van der Waals surface area contributed by atoms with Crippen molar-refractivity contribution in [2.75, 3.05) is 13.7 Å². The number of ether oxygens (including phenoxy) is 3. The van der Waals surface area contributed by atoms with Crippen LogP contribution in [0, 0.1) is 0 Å². The summed E-state index contributed by atoms with van der Waals surface area (Å²) < 4.78 is 14.8. The van der Waals surface area contributed by atoms with Crippen molar-refractivity contribution in [2.24, 2.45) is 0 Å². The molecule has 1 rings (SSSR count). The van der Waals surface area contributed by atoms with E-state index in [2.05, 4.69) is 0 Å². The van der Waals surface area contributed by atoms with Gasteiger partial charge in [0.2, 0.25) is 5.79 Å². The lowest BCUT2D eigenvalue weighted by Gasteiger charge is -2.13. The quantitative estimate of drug-likeness (QED) is 0.511. The van der Waals surface area contributed by atoms with Crippen LogP contribution in [0.25, 0.3) is 0 Å². The minimum Gasteiger partial charge on any atom is -0.353 e. The minimum absolute atomic E-state index is 0.311. The van der Waals surface area contributed by atoms with Crippen molar-refractivity contribution in [2.45, 2.75) is 19.0 Å². The second-order valence-electron chi connectivity index (χ2n) is 2.23. The van der Waals surface area contributed by atoms with Gasteiger partial charge in [-0.05, 0) is 6.92 Å². The number of methoxy groups -OCH3 is 1. The van der Waals surface area contributed by atoms with Gasteiger partial charge in [0.15, 0.2) is 12.6 Å². The molecule has 0 aromatic carbocycles. The number of aldehydes is 1. The monoisotopic (exact) mass is 146 g/mol. The van der Waals surface area contributed by atoms with E-state index >= 15 is 0 Å². The highest BCUT2D eigenvalue weighted by molar-refractivity contribution is 5.59. The summed E-state index contributed by atoms with van der Waals surface area (Å²) in [7, 11) is 1.50. The maximum absolute atomic E-state index is 10.3. The highest BCUT2D eigenvalue weighted by atomic mass is 16.8. The molecular formula is C6H10O4. The molecule has 4 nitrogen and oxygen atoms in total. The maximum Gasteiger partial charge on any atom is 0.225 e. The highest BCUT2D eigenvalue weighted by Gasteiger charge is 2.36. The number of hydrogen-bond donors (Lipinski definition) is 0. The Kier molecular flexibility index (Phi) is 2.03. The van der Waals surface area contributed by atoms with Crippen molar-refractivity contribution >= 4 is 6.29 Å². The van der Waals surface area contributed by atoms with Gasteiger partial charge in [-0.1, -0.05) is 0 Å². The molecule has 1 saturated heterocycles. The van der Waals surface area contributed by atoms with E-state index < -0.39 is 12.1 Å². The molecule has 0 saturated carbocycles. The molecule has 0 N–H and O–H groups in total. The average molecular weight is 146 g/mol. The molecule has 1 fully saturated rings. The van der Waals surface area contributed by atoms with Gasteiger partial charge in [0, 0.05) is 7.11 Å². The summed E-state index contributed by atoms with van der Waals surface area (Å²) in [5.41, 5.74) is 0. The summed E-state index contributed by atoms with van der Waals surface area (Å²) in [6.45, 7) is 1.87. The first-order chi connectivity index (χ1) is 4.70. The van der Waals surface area contributed by atoms with Crippen LogP contribution in [-0.4, -0.2) is 32.1 Å². The van der Waals surface area contributed by atoms with E-state index in [1.54, 1.807) is 6.92 Å². The second-order valence-corrected chi connectivity index (χ2v) is 2.23. The molecule has 58 valence electrons. The van der Waals surface area contributed by atoms with Gasteiger partial charge >= 0.3 is 0 Å². The van der Waals surface area contributed by atoms with E-state index in [0.717, 1.165) is 0 Å². The van der Waals surface area contributed by atoms with E-state index in [0.29, 0.717) is 12.9 Å². The Morgan fingerprint density at radius 2 is 2.50 bits per heavy atom. The molecule has 4 heteroatoms. The van der Waals surface area contributed by atoms with Gasteiger partial charge in [0.25, 0.3) is 0 Å². The first kappa shape index (κ1) is 7.65. The van der Waals surface area contributed by atoms with Gasteiger partial charge in [-0.15, -0.1) is 0 Å². The molecular weight excluding hydrogens is 136 g/mol. The van der Waals surface area contributed by atoms with E-state index in [1.165, 1.54) is 7.11 Å². The Hall–Kier alpha value is -0.450. The van der Waals surface area contributed by atoms with Gasteiger partial charge in [0.05, 0.1) is 0 Å². The standard InChI is InChI=1S/C6H10O4/c1-6(4-7)9-3-5(8-2)10-6/h4-5H,3H2,1-2H3/t5-,6?/m0/s1. The average Bonchev–Trinajstić information content (AvgIpc) is 2.33. The van der Waals surface area contributed by atoms with Gasteiger partial charge < -0.3 is 14.2 Å². The van der Waals surface area contributed by atoms with E-state index in [-0.39, 0.29) is 0 Å². The van der Waals surface area contributed by atoms with Gasteiger partial charge in [-0.3, -0.25) is 4.79 Å². The number of carbonyl (C=O) groups excluding carboxylic acids is 1. The molecule has 0 radical (unpaired) electrons. The first-order valence-corrected chi connectivity index (χ1v) is 3.01. The molecule has 10 heavy (non-hydrogen) atoms. The van der Waals surface area contributed by atoms with Crippen molar-refractivity contribution in [3.8, 4) is 0 Å². The summed E-state index contributed by atoms with van der Waals surface area (Å²) >= 11 is 0. The SMILES string of the molecule is CO[C@@H]1COC(C)(C=O)O1. The maximum atomic E-state index is 10.3. The number of hydrogen-bond acceptors (Lipinski definition) is 4. The predicted molar refractivity (Wildman–Crippen MR) is 32.3 cm³/mol. The van der Waals surface area contributed by atoms with E-state index in [4.69, 9.17) is 14.2 Å². The van der Waals surface area contributed by atoms with Gasteiger partial charge in [0.1, 0.15) is 6.61 Å². The third-order valence-corrected chi connectivity index (χ3v) is 1.35. The Balaban J connectivity index is 2.48. The van der Waals surface area contributed by atoms with Crippen LogP contribution in [0.15, 0.2) is 0 Å². The van der Waals surface area contributed by atoms with Crippen molar-refractivity contribution in [3.63, 3.8) is 0 Å². The number of carbonyl (C=O) groups is 1. The van der Waals surface area contributed by atoms with E-state index in [1.807, 2.05) is 0 Å². The lowest BCUT2D eigenvalue weighted by molar-refractivity contribution is -0.188. The lowest BCUT2D eigenvalue weighted by atomic mass is 10.4. The molecule has 0 amide bonds. The molecule has 2 atom stereocenters. The highest BCUT2D eigenvalue weighted by Crippen LogP contribution is 2.20. The molecule has 0 spiro atoms. The Morgan fingerprint density at radius 1 is 1.80 bits per heavy atom. The number of rotatable bonds is 2. The predicted octanol–water partition coefficient (Wildman–Crippen LogP) is -0.0792. The second kappa shape index (κ2) is 2.65. The Labute approximate surface area is 59.1 Å². The zero-order valence-corrected chi connectivity index (χ0v) is 5.99. The van der Waals surface area contributed by atoms with Gasteiger partial charge in [-0.2, -0.15) is 0 Å². The molecule has 1 aliphatic heterocycles. The van der Waals surface area contributed by atoms with E-state index in [9.17, 15) is 4.79 Å². The van der Waals surface area contributed by atoms with Crippen LogP contribution in [-0.2, 0) is 19.0 Å². The van der Waals surface area contributed by atoms with Crippen molar-refractivity contribution in [1.29, 1.82) is 0 Å². The molecule has 0 bridgehead atoms. The third-order valence-electron chi connectivity index (χ3n) is 1.35. The molecule has 1 aliphatic rings. The van der Waals surface area contributed by atoms with Crippen LogP contribution in [0.5, 0.6) is 0 Å². The van der Waals surface area contributed by atoms with Crippen LogP contribution < -0.4 is 0 Å². The first-order valence-electron chi connectivity index (χ1n) is 3.01. The lowest BCUT2D eigenvalue weighted by Crippen LogP contribution is -2.28. The van der Waals surface area contributed by atoms with Crippen LogP contribution in [0.1, 0.15) is 6.92 Å².